The zero-order valence-corrected chi connectivity index (χ0v) is 15.0. The molecule has 11 heteroatoms. The molecule has 7 nitrogen and oxygen atoms in total. The number of aliphatic hydroxyl groups excluding tert-OH is 3. The first-order chi connectivity index (χ1) is 12.9. The molecule has 1 aliphatic rings. The van der Waals surface area contributed by atoms with Crippen molar-refractivity contribution in [3.8, 4) is 11.3 Å². The van der Waals surface area contributed by atoms with E-state index in [9.17, 15) is 28.5 Å². The second-order valence-electron chi connectivity index (χ2n) is 5.99. The van der Waals surface area contributed by atoms with Crippen LogP contribution in [0.4, 0.5) is 13.2 Å². The second-order valence-corrected chi connectivity index (χ2v) is 7.37. The Labute approximate surface area is 156 Å². The molecule has 3 N–H and O–H groups in total. The van der Waals surface area contributed by atoms with E-state index in [1.165, 1.54) is 18.0 Å². The zero-order chi connectivity index (χ0) is 19.7. The number of ether oxygens (including phenoxy) is 1. The Morgan fingerprint density at radius 2 is 1.85 bits per heavy atom. The van der Waals surface area contributed by atoms with Gasteiger partial charge in [0, 0.05) is 5.56 Å². The summed E-state index contributed by atoms with van der Waals surface area (Å²) in [5, 5.41) is 38.0. The molecule has 1 aliphatic heterocycles. The first-order valence-corrected chi connectivity index (χ1v) is 9.23. The van der Waals surface area contributed by atoms with Crippen LogP contribution in [0, 0.1) is 17.5 Å². The van der Waals surface area contributed by atoms with Gasteiger partial charge in [0.1, 0.15) is 35.5 Å². The van der Waals surface area contributed by atoms with Gasteiger partial charge in [-0.2, -0.15) is 0 Å². The summed E-state index contributed by atoms with van der Waals surface area (Å²) in [6.45, 7) is 1.39. The van der Waals surface area contributed by atoms with Gasteiger partial charge in [-0.05, 0) is 17.9 Å². The predicted octanol–water partition coefficient (Wildman–Crippen LogP) is 1.10. The topological polar surface area (TPSA) is 101 Å². The minimum absolute atomic E-state index is 0.0268. The fraction of sp³-hybridized carbons (Fsp3) is 0.500. The SMILES string of the molecule is CCSC1OC(CO)C(O)C(n2cc(-c3cc(F)c(F)c(F)c3)nn2)C1O. The van der Waals surface area contributed by atoms with Crippen LogP contribution in [0.3, 0.4) is 0 Å². The van der Waals surface area contributed by atoms with Crippen LogP contribution in [-0.4, -0.2) is 66.4 Å². The third kappa shape index (κ3) is 3.83. The van der Waals surface area contributed by atoms with Crippen molar-refractivity contribution in [2.24, 2.45) is 0 Å². The van der Waals surface area contributed by atoms with E-state index in [0.29, 0.717) is 5.75 Å². The molecule has 5 unspecified atom stereocenters. The van der Waals surface area contributed by atoms with E-state index in [0.717, 1.165) is 16.8 Å². The van der Waals surface area contributed by atoms with Crippen molar-refractivity contribution in [3.63, 3.8) is 0 Å². The molecule has 1 aromatic heterocycles. The number of rotatable bonds is 5. The Morgan fingerprint density at radius 3 is 2.44 bits per heavy atom. The first-order valence-electron chi connectivity index (χ1n) is 8.18. The molecule has 0 bridgehead atoms. The number of aliphatic hydroxyl groups is 3. The molecule has 148 valence electrons. The van der Waals surface area contributed by atoms with Gasteiger partial charge in [0.05, 0.1) is 12.8 Å². The van der Waals surface area contributed by atoms with Crippen molar-refractivity contribution < 1.29 is 33.2 Å². The Balaban J connectivity index is 1.93. The van der Waals surface area contributed by atoms with Crippen LogP contribution in [0.25, 0.3) is 11.3 Å². The molecule has 0 spiro atoms. The lowest BCUT2D eigenvalue weighted by Gasteiger charge is -2.41. The summed E-state index contributed by atoms with van der Waals surface area (Å²) in [6.07, 6.45) is -2.15. The number of hydrogen-bond donors (Lipinski definition) is 3. The molecule has 0 radical (unpaired) electrons. The van der Waals surface area contributed by atoms with Crippen molar-refractivity contribution in [1.82, 2.24) is 15.0 Å². The van der Waals surface area contributed by atoms with E-state index in [-0.39, 0.29) is 11.3 Å². The average Bonchev–Trinajstić information content (AvgIpc) is 3.11. The summed E-state index contributed by atoms with van der Waals surface area (Å²) >= 11 is 1.29. The summed E-state index contributed by atoms with van der Waals surface area (Å²) in [5.74, 6) is -3.71. The van der Waals surface area contributed by atoms with Crippen molar-refractivity contribution in [2.75, 3.05) is 12.4 Å². The van der Waals surface area contributed by atoms with E-state index in [4.69, 9.17) is 4.74 Å². The van der Waals surface area contributed by atoms with Crippen molar-refractivity contribution in [1.29, 1.82) is 0 Å². The van der Waals surface area contributed by atoms with E-state index < -0.39 is 53.8 Å². The largest absolute Gasteiger partial charge is 0.394 e. The lowest BCUT2D eigenvalue weighted by molar-refractivity contribution is -0.178. The summed E-state index contributed by atoms with van der Waals surface area (Å²) in [5.41, 5.74) is -0.736. The van der Waals surface area contributed by atoms with Crippen LogP contribution < -0.4 is 0 Å². The van der Waals surface area contributed by atoms with Crippen LogP contribution in [0.2, 0.25) is 0 Å². The van der Waals surface area contributed by atoms with E-state index in [1.54, 1.807) is 0 Å². The van der Waals surface area contributed by atoms with Gasteiger partial charge in [0.2, 0.25) is 0 Å². The standard InChI is InChI=1S/C16H18F3N3O4S/c1-2-27-16-15(25)13(14(24)11(6-23)26-16)22-5-10(20-21-22)7-3-8(17)12(19)9(18)4-7/h3-5,11,13-16,23-25H,2,6H2,1H3. The maximum Gasteiger partial charge on any atom is 0.194 e. The maximum absolute atomic E-state index is 13.4. The maximum atomic E-state index is 13.4. The summed E-state index contributed by atoms with van der Waals surface area (Å²) < 4.78 is 46.7. The zero-order valence-electron chi connectivity index (χ0n) is 14.2. The fourth-order valence-corrected chi connectivity index (χ4v) is 3.85. The number of benzene rings is 1. The molecule has 5 atom stereocenters. The van der Waals surface area contributed by atoms with Crippen LogP contribution >= 0.6 is 11.8 Å². The lowest BCUT2D eigenvalue weighted by Crippen LogP contribution is -2.55. The molecule has 1 fully saturated rings. The Bertz CT molecular complexity index is 786. The molecule has 0 aliphatic carbocycles. The van der Waals surface area contributed by atoms with Crippen LogP contribution in [0.5, 0.6) is 0 Å². The minimum atomic E-state index is -1.59. The van der Waals surface area contributed by atoms with Crippen LogP contribution in [-0.2, 0) is 4.74 Å². The molecule has 0 saturated carbocycles. The lowest BCUT2D eigenvalue weighted by atomic mass is 9.97. The molecule has 2 aromatic rings. The van der Waals surface area contributed by atoms with Gasteiger partial charge >= 0.3 is 0 Å². The highest BCUT2D eigenvalue weighted by Gasteiger charge is 2.46. The van der Waals surface area contributed by atoms with Gasteiger partial charge in [0.25, 0.3) is 0 Å². The van der Waals surface area contributed by atoms with Crippen molar-refractivity contribution in [2.45, 2.75) is 36.7 Å². The predicted molar refractivity (Wildman–Crippen MR) is 90.3 cm³/mol. The number of halogens is 3. The van der Waals surface area contributed by atoms with E-state index in [1.807, 2.05) is 6.92 Å². The Hall–Kier alpha value is -1.66. The van der Waals surface area contributed by atoms with Gasteiger partial charge in [-0.15, -0.1) is 16.9 Å². The minimum Gasteiger partial charge on any atom is -0.394 e. The third-order valence-corrected chi connectivity index (χ3v) is 5.33. The number of nitrogens with zero attached hydrogens (tertiary/aromatic N) is 3. The quantitative estimate of drug-likeness (QED) is 0.641. The Kier molecular flexibility index (Phi) is 6.06. The number of thioether (sulfide) groups is 1. The summed E-state index contributed by atoms with van der Waals surface area (Å²) in [6, 6.07) is 0.544. The van der Waals surface area contributed by atoms with Crippen molar-refractivity contribution in [3.05, 3.63) is 35.8 Å². The van der Waals surface area contributed by atoms with Crippen LogP contribution in [0.1, 0.15) is 13.0 Å². The fourth-order valence-electron chi connectivity index (χ4n) is 2.94. The molecule has 1 aromatic carbocycles. The average molecular weight is 405 g/mol. The highest BCUT2D eigenvalue weighted by molar-refractivity contribution is 7.99. The Morgan fingerprint density at radius 1 is 1.19 bits per heavy atom. The normalized spacial score (nSPS) is 28.5. The summed E-state index contributed by atoms with van der Waals surface area (Å²) in [7, 11) is 0. The molecular weight excluding hydrogens is 387 g/mol. The third-order valence-electron chi connectivity index (χ3n) is 4.27. The van der Waals surface area contributed by atoms with Gasteiger partial charge in [-0.25, -0.2) is 17.9 Å². The summed E-state index contributed by atoms with van der Waals surface area (Å²) in [4.78, 5) is 0. The van der Waals surface area contributed by atoms with Crippen molar-refractivity contribution >= 4 is 11.8 Å². The highest BCUT2D eigenvalue weighted by atomic mass is 32.2. The number of aromatic nitrogens is 3. The highest BCUT2D eigenvalue weighted by Crippen LogP contribution is 2.35. The first kappa shape index (κ1) is 20.1. The molecule has 1 saturated heterocycles. The van der Waals surface area contributed by atoms with E-state index in [2.05, 4.69) is 10.3 Å². The molecule has 2 heterocycles. The second kappa shape index (κ2) is 8.15. The number of hydrogen-bond acceptors (Lipinski definition) is 7. The van der Waals surface area contributed by atoms with Gasteiger partial charge in [0.15, 0.2) is 17.5 Å². The van der Waals surface area contributed by atoms with E-state index >= 15 is 0 Å². The molecule has 0 amide bonds. The molecular formula is C16H18F3N3O4S. The van der Waals surface area contributed by atoms with Crippen LogP contribution in [0.15, 0.2) is 18.3 Å². The smallest absolute Gasteiger partial charge is 0.194 e. The monoisotopic (exact) mass is 405 g/mol. The molecule has 3 rings (SSSR count). The van der Waals surface area contributed by atoms with Gasteiger partial charge in [-0.3, -0.25) is 0 Å². The molecule has 27 heavy (non-hydrogen) atoms. The van der Waals surface area contributed by atoms with Gasteiger partial charge < -0.3 is 20.1 Å². The van der Waals surface area contributed by atoms with Gasteiger partial charge in [-0.1, -0.05) is 12.1 Å².